The van der Waals surface area contributed by atoms with E-state index < -0.39 is 0 Å². The van der Waals surface area contributed by atoms with Gasteiger partial charge in [-0.1, -0.05) is 12.8 Å². The van der Waals surface area contributed by atoms with Crippen molar-refractivity contribution in [2.24, 2.45) is 16.8 Å². The molecule has 124 valence electrons. The van der Waals surface area contributed by atoms with Crippen molar-refractivity contribution in [1.29, 1.82) is 0 Å². The number of aromatic nitrogens is 1. The molecule has 1 aliphatic heterocycles. The van der Waals surface area contributed by atoms with E-state index in [0.29, 0.717) is 0 Å². The van der Waals surface area contributed by atoms with Crippen LogP contribution in [0.15, 0.2) is 11.2 Å². The SMILES string of the molecule is CCNC(=NCc1cnc(C)s1)N1CC2CCCCC2C1.I. The van der Waals surface area contributed by atoms with E-state index in [9.17, 15) is 0 Å². The minimum Gasteiger partial charge on any atom is -0.357 e. The van der Waals surface area contributed by atoms with Crippen LogP contribution in [0.2, 0.25) is 0 Å². The van der Waals surface area contributed by atoms with Crippen molar-refractivity contribution in [3.63, 3.8) is 0 Å². The fourth-order valence-corrected chi connectivity index (χ4v) is 4.36. The van der Waals surface area contributed by atoms with Crippen molar-refractivity contribution in [2.45, 2.75) is 46.1 Å². The zero-order valence-electron chi connectivity index (χ0n) is 13.5. The van der Waals surface area contributed by atoms with Gasteiger partial charge in [-0.3, -0.25) is 0 Å². The standard InChI is InChI=1S/C16H26N4S.HI/c1-3-17-16(19-9-15-8-18-12(2)21-15)20-10-13-6-4-5-7-14(13)11-20;/h8,13-14H,3-7,9-11H2,1-2H3,(H,17,19);1H. The molecule has 0 bridgehead atoms. The topological polar surface area (TPSA) is 40.5 Å². The van der Waals surface area contributed by atoms with Gasteiger partial charge in [0, 0.05) is 30.7 Å². The Balaban J connectivity index is 0.00000176. The number of likely N-dealkylation sites (tertiary alicyclic amines) is 1. The maximum atomic E-state index is 4.84. The van der Waals surface area contributed by atoms with E-state index in [0.717, 1.165) is 35.9 Å². The third-order valence-electron chi connectivity index (χ3n) is 4.66. The van der Waals surface area contributed by atoms with Crippen molar-refractivity contribution in [3.8, 4) is 0 Å². The molecule has 22 heavy (non-hydrogen) atoms. The van der Waals surface area contributed by atoms with Crippen molar-refractivity contribution >= 4 is 41.3 Å². The number of fused-ring (bicyclic) bond motifs is 1. The Morgan fingerprint density at radius 1 is 1.36 bits per heavy atom. The van der Waals surface area contributed by atoms with Gasteiger partial charge in [0.05, 0.1) is 11.6 Å². The van der Waals surface area contributed by atoms with Gasteiger partial charge in [0.1, 0.15) is 0 Å². The Bertz CT molecular complexity index is 488. The van der Waals surface area contributed by atoms with E-state index in [1.807, 2.05) is 13.1 Å². The molecule has 2 aliphatic rings. The minimum atomic E-state index is 0. The quantitative estimate of drug-likeness (QED) is 0.449. The van der Waals surface area contributed by atoms with E-state index in [1.54, 1.807) is 11.3 Å². The normalized spacial score (nSPS) is 24.8. The highest BCUT2D eigenvalue weighted by Crippen LogP contribution is 2.36. The Morgan fingerprint density at radius 3 is 2.59 bits per heavy atom. The van der Waals surface area contributed by atoms with Crippen LogP contribution in [0, 0.1) is 18.8 Å². The third kappa shape index (κ3) is 4.34. The number of thiazole rings is 1. The number of hydrogen-bond acceptors (Lipinski definition) is 3. The number of rotatable bonds is 3. The van der Waals surface area contributed by atoms with Crippen molar-refractivity contribution in [1.82, 2.24) is 15.2 Å². The molecule has 2 heterocycles. The van der Waals surface area contributed by atoms with Gasteiger partial charge in [-0.25, -0.2) is 9.98 Å². The lowest BCUT2D eigenvalue weighted by Gasteiger charge is -2.22. The molecule has 4 nitrogen and oxygen atoms in total. The van der Waals surface area contributed by atoms with Crippen molar-refractivity contribution in [3.05, 3.63) is 16.1 Å². The molecule has 0 aromatic carbocycles. The Morgan fingerprint density at radius 2 is 2.05 bits per heavy atom. The van der Waals surface area contributed by atoms with Gasteiger partial charge in [-0.05, 0) is 38.5 Å². The van der Waals surface area contributed by atoms with Gasteiger partial charge < -0.3 is 10.2 Å². The lowest BCUT2D eigenvalue weighted by Crippen LogP contribution is -2.40. The largest absolute Gasteiger partial charge is 0.357 e. The highest BCUT2D eigenvalue weighted by atomic mass is 127. The molecule has 2 atom stereocenters. The zero-order valence-corrected chi connectivity index (χ0v) is 16.7. The summed E-state index contributed by atoms with van der Waals surface area (Å²) in [6.07, 6.45) is 7.62. The van der Waals surface area contributed by atoms with E-state index in [1.165, 1.54) is 43.6 Å². The summed E-state index contributed by atoms with van der Waals surface area (Å²) in [6, 6.07) is 0. The second kappa shape index (κ2) is 8.47. The van der Waals surface area contributed by atoms with Crippen LogP contribution in [0.25, 0.3) is 0 Å². The number of hydrogen-bond donors (Lipinski definition) is 1. The molecule has 6 heteroatoms. The van der Waals surface area contributed by atoms with Crippen LogP contribution in [0.3, 0.4) is 0 Å². The molecule has 2 fully saturated rings. The second-order valence-electron chi connectivity index (χ2n) is 6.23. The summed E-state index contributed by atoms with van der Waals surface area (Å²) < 4.78 is 0. The molecule has 0 spiro atoms. The molecule has 1 aliphatic carbocycles. The molecule has 1 aromatic heterocycles. The van der Waals surface area contributed by atoms with Crippen LogP contribution in [-0.2, 0) is 6.54 Å². The number of aliphatic imine (C=N–C) groups is 1. The van der Waals surface area contributed by atoms with Crippen LogP contribution in [0.5, 0.6) is 0 Å². The van der Waals surface area contributed by atoms with Crippen LogP contribution >= 0.6 is 35.3 Å². The number of nitrogens with zero attached hydrogens (tertiary/aromatic N) is 3. The van der Waals surface area contributed by atoms with Crippen LogP contribution in [-0.4, -0.2) is 35.5 Å². The lowest BCUT2D eigenvalue weighted by atomic mass is 9.82. The molecular formula is C16H27IN4S. The van der Waals surface area contributed by atoms with Gasteiger partial charge in [0.2, 0.25) is 0 Å². The molecule has 2 unspecified atom stereocenters. The number of guanidine groups is 1. The first kappa shape index (κ1) is 18.0. The van der Waals surface area contributed by atoms with Gasteiger partial charge in [-0.2, -0.15) is 0 Å². The van der Waals surface area contributed by atoms with E-state index in [4.69, 9.17) is 4.99 Å². The number of aryl methyl sites for hydroxylation is 1. The van der Waals surface area contributed by atoms with Crippen molar-refractivity contribution < 1.29 is 0 Å². The molecule has 1 aromatic rings. The summed E-state index contributed by atoms with van der Waals surface area (Å²) in [4.78, 5) is 12.9. The predicted molar refractivity (Wildman–Crippen MR) is 104 cm³/mol. The molecule has 1 N–H and O–H groups in total. The minimum absolute atomic E-state index is 0. The second-order valence-corrected chi connectivity index (χ2v) is 7.54. The molecule has 3 rings (SSSR count). The zero-order chi connectivity index (χ0) is 14.7. The summed E-state index contributed by atoms with van der Waals surface area (Å²) >= 11 is 1.75. The van der Waals surface area contributed by atoms with Crippen LogP contribution in [0.1, 0.15) is 42.5 Å². The third-order valence-corrected chi connectivity index (χ3v) is 5.56. The smallest absolute Gasteiger partial charge is 0.194 e. The number of halogens is 1. The monoisotopic (exact) mass is 434 g/mol. The van der Waals surface area contributed by atoms with E-state index in [2.05, 4.69) is 22.1 Å². The molecule has 1 saturated carbocycles. The first-order chi connectivity index (χ1) is 10.3. The Hall–Kier alpha value is -0.370. The first-order valence-corrected chi connectivity index (χ1v) is 9.02. The van der Waals surface area contributed by atoms with Gasteiger partial charge in [0.15, 0.2) is 5.96 Å². The molecule has 0 radical (unpaired) electrons. The Labute approximate surface area is 154 Å². The highest BCUT2D eigenvalue weighted by molar-refractivity contribution is 14.0. The van der Waals surface area contributed by atoms with E-state index in [-0.39, 0.29) is 24.0 Å². The van der Waals surface area contributed by atoms with Crippen LogP contribution in [0.4, 0.5) is 0 Å². The lowest BCUT2D eigenvalue weighted by molar-refractivity contribution is 0.299. The number of nitrogens with one attached hydrogen (secondary N) is 1. The fourth-order valence-electron chi connectivity index (χ4n) is 3.64. The highest BCUT2D eigenvalue weighted by Gasteiger charge is 2.35. The summed E-state index contributed by atoms with van der Waals surface area (Å²) in [5.74, 6) is 2.89. The molecular weight excluding hydrogens is 407 g/mol. The average Bonchev–Trinajstić information content (AvgIpc) is 3.09. The fraction of sp³-hybridized carbons (Fsp3) is 0.750. The summed E-state index contributed by atoms with van der Waals surface area (Å²) in [5.41, 5.74) is 0. The van der Waals surface area contributed by atoms with Crippen LogP contribution < -0.4 is 5.32 Å². The van der Waals surface area contributed by atoms with Gasteiger partial charge in [-0.15, -0.1) is 35.3 Å². The maximum absolute atomic E-state index is 4.84. The van der Waals surface area contributed by atoms with Crippen molar-refractivity contribution in [2.75, 3.05) is 19.6 Å². The average molecular weight is 434 g/mol. The van der Waals surface area contributed by atoms with Gasteiger partial charge in [0.25, 0.3) is 0 Å². The van der Waals surface area contributed by atoms with Gasteiger partial charge >= 0.3 is 0 Å². The first-order valence-electron chi connectivity index (χ1n) is 8.21. The summed E-state index contributed by atoms with van der Waals surface area (Å²) in [5, 5.41) is 4.59. The Kier molecular flexibility index (Phi) is 6.92. The molecule has 1 saturated heterocycles. The maximum Gasteiger partial charge on any atom is 0.194 e. The predicted octanol–water partition coefficient (Wildman–Crippen LogP) is 3.66. The van der Waals surface area contributed by atoms with E-state index >= 15 is 0 Å². The molecule has 0 amide bonds. The summed E-state index contributed by atoms with van der Waals surface area (Å²) in [6.45, 7) is 8.27. The summed E-state index contributed by atoms with van der Waals surface area (Å²) in [7, 11) is 0.